The number of hydrogen-bond acceptors (Lipinski definition) is 10. The van der Waals surface area contributed by atoms with Crippen molar-refractivity contribution in [3.05, 3.63) is 109 Å². The Morgan fingerprint density at radius 3 is 2.43 bits per heavy atom. The molecule has 2 aromatic heterocycles. The van der Waals surface area contributed by atoms with E-state index in [2.05, 4.69) is 15.2 Å². The van der Waals surface area contributed by atoms with E-state index in [0.29, 0.717) is 55.6 Å². The molecule has 2 bridgehead atoms. The Hall–Kier alpha value is -3.74. The summed E-state index contributed by atoms with van der Waals surface area (Å²) < 4.78 is 37.2. The van der Waals surface area contributed by atoms with Crippen LogP contribution in [0.5, 0.6) is 11.5 Å². The number of halogens is 3. The van der Waals surface area contributed by atoms with Crippen molar-refractivity contribution in [2.45, 2.75) is 44.1 Å². The molecule has 3 saturated heterocycles. The first-order valence-corrected chi connectivity index (χ1v) is 17.5. The summed E-state index contributed by atoms with van der Waals surface area (Å²) in [7, 11) is 3.06. The van der Waals surface area contributed by atoms with Gasteiger partial charge in [-0.2, -0.15) is 0 Å². The molecule has 4 aromatic rings. The molecule has 2 aromatic carbocycles. The number of hydrogen-bond donors (Lipinski definition) is 1. The Morgan fingerprint density at radius 2 is 1.76 bits per heavy atom. The molecule has 9 nitrogen and oxygen atoms in total. The predicted molar refractivity (Wildman–Crippen MR) is 185 cm³/mol. The second kappa shape index (κ2) is 15.9. The molecule has 0 saturated carbocycles. The fourth-order valence-corrected chi connectivity index (χ4v) is 7.72. The zero-order valence-electron chi connectivity index (χ0n) is 27.0. The van der Waals surface area contributed by atoms with E-state index in [1.165, 1.54) is 50.1 Å². The van der Waals surface area contributed by atoms with Crippen molar-refractivity contribution in [2.75, 3.05) is 33.9 Å². The summed E-state index contributed by atoms with van der Waals surface area (Å²) in [6, 6.07) is 13.8. The highest BCUT2D eigenvalue weighted by Gasteiger charge is 2.38. The van der Waals surface area contributed by atoms with Gasteiger partial charge in [-0.25, -0.2) is 14.0 Å². The highest BCUT2D eigenvalue weighted by molar-refractivity contribution is 7.13. The van der Waals surface area contributed by atoms with Crippen molar-refractivity contribution in [3.63, 3.8) is 0 Å². The molecule has 3 aliphatic rings. The summed E-state index contributed by atoms with van der Waals surface area (Å²) in [5.41, 5.74) is 1.69. The van der Waals surface area contributed by atoms with Crippen LogP contribution >= 0.6 is 34.5 Å². The van der Waals surface area contributed by atoms with Crippen LogP contribution in [0, 0.1) is 11.7 Å². The molecule has 3 aliphatic heterocycles. The third-order valence-electron chi connectivity index (χ3n) is 9.00. The highest BCUT2D eigenvalue weighted by Crippen LogP contribution is 2.36. The van der Waals surface area contributed by atoms with E-state index < -0.39 is 29.9 Å². The number of benzene rings is 2. The number of carbonyl (C=O) groups is 2. The van der Waals surface area contributed by atoms with Gasteiger partial charge in [0.2, 0.25) is 0 Å². The van der Waals surface area contributed by atoms with Crippen LogP contribution in [0.4, 0.5) is 4.39 Å². The molecule has 0 amide bonds. The Morgan fingerprint density at radius 1 is 1.00 bits per heavy atom. The molecule has 258 valence electrons. The van der Waals surface area contributed by atoms with Gasteiger partial charge in [0.05, 0.1) is 24.3 Å². The van der Waals surface area contributed by atoms with Crippen molar-refractivity contribution in [2.24, 2.45) is 5.92 Å². The van der Waals surface area contributed by atoms with Crippen LogP contribution in [-0.4, -0.2) is 61.8 Å². The first kappa shape index (κ1) is 35.1. The number of nitrogens with zero attached hydrogens (tertiary/aromatic N) is 2. The molecule has 5 heterocycles. The number of thiophene rings is 1. The molecule has 2 unspecified atom stereocenters. The van der Waals surface area contributed by atoms with Crippen molar-refractivity contribution >= 4 is 46.5 Å². The second-order valence-corrected chi connectivity index (χ2v) is 14.0. The average molecular weight is 729 g/mol. The van der Waals surface area contributed by atoms with Gasteiger partial charge >= 0.3 is 11.9 Å². The first-order chi connectivity index (χ1) is 23.7. The van der Waals surface area contributed by atoms with Crippen molar-refractivity contribution in [3.8, 4) is 11.5 Å². The maximum atomic E-state index is 14.2. The van der Waals surface area contributed by atoms with E-state index in [1.807, 2.05) is 0 Å². The molecule has 3 fully saturated rings. The Labute approximate surface area is 298 Å². The minimum Gasteiger partial charge on any atom is -0.493 e. The van der Waals surface area contributed by atoms with Gasteiger partial charge in [-0.3, -0.25) is 15.2 Å². The highest BCUT2D eigenvalue weighted by atomic mass is 35.5. The molecule has 0 aliphatic carbocycles. The molecular formula is C36H36Cl2FN3O6S. The molecule has 1 N–H and O–H groups in total. The van der Waals surface area contributed by atoms with Crippen LogP contribution in [0.3, 0.4) is 0 Å². The van der Waals surface area contributed by atoms with E-state index in [4.69, 9.17) is 42.1 Å². The summed E-state index contributed by atoms with van der Waals surface area (Å²) in [6.07, 6.45) is 4.17. The maximum absolute atomic E-state index is 14.2. The minimum absolute atomic E-state index is 0.179. The van der Waals surface area contributed by atoms with Crippen molar-refractivity contribution in [1.82, 2.24) is 15.2 Å². The van der Waals surface area contributed by atoms with Crippen LogP contribution in [0.1, 0.15) is 56.2 Å². The average Bonchev–Trinajstić information content (AvgIpc) is 3.59. The Kier molecular flexibility index (Phi) is 11.4. The summed E-state index contributed by atoms with van der Waals surface area (Å²) in [5.74, 6) is -0.124. The molecule has 3 atom stereocenters. The lowest BCUT2D eigenvalue weighted by Gasteiger charge is -2.44. The zero-order valence-corrected chi connectivity index (χ0v) is 29.3. The smallest absolute Gasteiger partial charge is 0.348 e. The Bertz CT molecular complexity index is 1780. The lowest BCUT2D eigenvalue weighted by atomic mass is 9.86. The van der Waals surface area contributed by atoms with E-state index in [-0.39, 0.29) is 19.1 Å². The standard InChI is InChI=1S/C36H36Cl2FN3O6S/c1-45-29-8-6-22(15-31(29)46-2)30(16-26-27(37)18-40-19-28(26)38)47-35(43)33-9-7-25(49-33)17-41-34(23-4-3-5-24(39)14-23)36(44)48-32-20-42-12-10-21(32)11-13-42/h3-9,14-15,18-19,21,30,32,34,41H,10-13,16-17,20H2,1-2H3/t30-,32?,34?/m0/s1. The van der Waals surface area contributed by atoms with Gasteiger partial charge < -0.3 is 18.9 Å². The zero-order chi connectivity index (χ0) is 34.5. The normalized spacial score (nSPS) is 19.6. The van der Waals surface area contributed by atoms with Crippen LogP contribution in [0.15, 0.2) is 67.0 Å². The van der Waals surface area contributed by atoms with Gasteiger partial charge in [0, 0.05) is 36.8 Å². The summed E-state index contributed by atoms with van der Waals surface area (Å²) >= 11 is 14.1. The number of esters is 2. The van der Waals surface area contributed by atoms with Crippen molar-refractivity contribution < 1.29 is 32.9 Å². The van der Waals surface area contributed by atoms with Gasteiger partial charge in [0.15, 0.2) is 11.5 Å². The molecule has 7 rings (SSSR count). The van der Waals surface area contributed by atoms with Crippen LogP contribution in [0.2, 0.25) is 10.0 Å². The first-order valence-electron chi connectivity index (χ1n) is 15.9. The van der Waals surface area contributed by atoms with Gasteiger partial charge in [-0.15, -0.1) is 11.3 Å². The van der Waals surface area contributed by atoms with Gasteiger partial charge in [-0.05, 0) is 84.9 Å². The summed E-state index contributed by atoms with van der Waals surface area (Å²) in [6.45, 7) is 2.99. The van der Waals surface area contributed by atoms with Gasteiger partial charge in [-0.1, -0.05) is 41.4 Å². The lowest BCUT2D eigenvalue weighted by Crippen LogP contribution is -2.52. The number of fused-ring (bicyclic) bond motifs is 3. The van der Waals surface area contributed by atoms with E-state index in [0.717, 1.165) is 30.8 Å². The van der Waals surface area contributed by atoms with Gasteiger partial charge in [0.25, 0.3) is 0 Å². The molecule has 13 heteroatoms. The van der Waals surface area contributed by atoms with E-state index >= 15 is 0 Å². The minimum atomic E-state index is -0.895. The summed E-state index contributed by atoms with van der Waals surface area (Å²) in [5, 5.41) is 3.93. The number of piperidine rings is 3. The fourth-order valence-electron chi connectivity index (χ4n) is 6.36. The van der Waals surface area contributed by atoms with Crippen LogP contribution < -0.4 is 14.8 Å². The fraction of sp³-hybridized carbons (Fsp3) is 0.361. The Balaban J connectivity index is 1.18. The number of carbonyl (C=O) groups excluding carboxylic acids is 2. The number of nitrogens with one attached hydrogen (secondary N) is 1. The molecule has 0 spiro atoms. The molecule has 49 heavy (non-hydrogen) atoms. The predicted octanol–water partition coefficient (Wildman–Crippen LogP) is 7.22. The number of aromatic nitrogens is 1. The van der Waals surface area contributed by atoms with Crippen LogP contribution in [0.25, 0.3) is 0 Å². The third kappa shape index (κ3) is 8.36. The number of ether oxygens (including phenoxy) is 4. The van der Waals surface area contributed by atoms with E-state index in [1.54, 1.807) is 42.5 Å². The largest absolute Gasteiger partial charge is 0.493 e. The summed E-state index contributed by atoms with van der Waals surface area (Å²) in [4.78, 5) is 34.6. The molecular weight excluding hydrogens is 692 g/mol. The van der Waals surface area contributed by atoms with Gasteiger partial charge in [0.1, 0.15) is 28.9 Å². The number of methoxy groups -OCH3 is 2. The number of pyridine rings is 1. The second-order valence-electron chi connectivity index (χ2n) is 12.0. The van der Waals surface area contributed by atoms with E-state index in [9.17, 15) is 14.0 Å². The number of rotatable bonds is 13. The van der Waals surface area contributed by atoms with Crippen LogP contribution in [-0.2, 0) is 27.2 Å². The van der Waals surface area contributed by atoms with Crippen molar-refractivity contribution in [1.29, 1.82) is 0 Å². The lowest BCUT2D eigenvalue weighted by molar-refractivity contribution is -0.161. The quantitative estimate of drug-likeness (QED) is 0.143. The molecule has 0 radical (unpaired) electrons. The maximum Gasteiger partial charge on any atom is 0.348 e. The SMILES string of the molecule is COc1ccc([C@H](Cc2c(Cl)cncc2Cl)OC(=O)c2ccc(CNC(C(=O)OC3CN4CCC3CC4)c3cccc(F)c3)s2)cc1OC. The topological polar surface area (TPSA) is 99.2 Å². The monoisotopic (exact) mass is 727 g/mol. The third-order valence-corrected chi connectivity index (χ3v) is 10.7.